The highest BCUT2D eigenvalue weighted by Gasteiger charge is 2.08. The summed E-state index contributed by atoms with van der Waals surface area (Å²) in [5.74, 6) is 1.93. The molecule has 0 aliphatic heterocycles. The van der Waals surface area contributed by atoms with Crippen LogP contribution in [0.5, 0.6) is 0 Å². The first kappa shape index (κ1) is 13.2. The molecule has 6 heteroatoms. The van der Waals surface area contributed by atoms with Gasteiger partial charge >= 0.3 is 0 Å². The van der Waals surface area contributed by atoms with Crippen LogP contribution < -0.4 is 10.6 Å². The van der Waals surface area contributed by atoms with E-state index >= 15 is 0 Å². The van der Waals surface area contributed by atoms with E-state index in [1.807, 2.05) is 7.05 Å². The second kappa shape index (κ2) is 6.65. The third kappa shape index (κ3) is 3.61. The van der Waals surface area contributed by atoms with E-state index in [2.05, 4.69) is 43.5 Å². The van der Waals surface area contributed by atoms with Crippen LogP contribution in [0.3, 0.4) is 0 Å². The predicted molar refractivity (Wildman–Crippen MR) is 68.6 cm³/mol. The van der Waals surface area contributed by atoms with E-state index in [1.54, 1.807) is 0 Å². The van der Waals surface area contributed by atoms with Gasteiger partial charge in [0.15, 0.2) is 0 Å². The van der Waals surface area contributed by atoms with E-state index in [0.717, 1.165) is 29.1 Å². The molecular formula is C10H17BrN4O. The minimum Gasteiger partial charge on any atom is -0.396 e. The van der Waals surface area contributed by atoms with E-state index < -0.39 is 0 Å². The lowest BCUT2D eigenvalue weighted by molar-refractivity contribution is 0.266. The highest BCUT2D eigenvalue weighted by Crippen LogP contribution is 2.26. The lowest BCUT2D eigenvalue weighted by atomic mass is 10.1. The average molecular weight is 289 g/mol. The minimum absolute atomic E-state index is 0.218. The van der Waals surface area contributed by atoms with Crippen LogP contribution in [0.4, 0.5) is 11.6 Å². The zero-order valence-electron chi connectivity index (χ0n) is 9.50. The molecular weight excluding hydrogens is 272 g/mol. The maximum atomic E-state index is 8.80. The molecule has 1 unspecified atom stereocenters. The van der Waals surface area contributed by atoms with Crippen LogP contribution in [0.15, 0.2) is 10.8 Å². The van der Waals surface area contributed by atoms with Gasteiger partial charge in [-0.15, -0.1) is 0 Å². The van der Waals surface area contributed by atoms with Crippen molar-refractivity contribution < 1.29 is 5.11 Å². The summed E-state index contributed by atoms with van der Waals surface area (Å²) in [5, 5.41) is 15.0. The molecule has 1 aromatic heterocycles. The molecule has 0 bridgehead atoms. The Morgan fingerprint density at radius 2 is 2.12 bits per heavy atom. The highest BCUT2D eigenvalue weighted by molar-refractivity contribution is 9.10. The standard InChI is InChI=1S/C10H17BrN4O/c1-7(3-4-16)5-13-10-8(11)9(12-2)14-6-15-10/h6-7,16H,3-5H2,1-2H3,(H2,12,13,14,15). The van der Waals surface area contributed by atoms with Gasteiger partial charge in [0.2, 0.25) is 0 Å². The molecule has 0 amide bonds. The smallest absolute Gasteiger partial charge is 0.145 e. The Kier molecular flexibility index (Phi) is 5.48. The molecule has 0 aromatic carbocycles. The van der Waals surface area contributed by atoms with Crippen molar-refractivity contribution in [2.45, 2.75) is 13.3 Å². The van der Waals surface area contributed by atoms with Crippen molar-refractivity contribution in [3.8, 4) is 0 Å². The predicted octanol–water partition coefficient (Wildman–Crippen LogP) is 1.71. The summed E-state index contributed by atoms with van der Waals surface area (Å²) in [7, 11) is 1.81. The monoisotopic (exact) mass is 288 g/mol. The summed E-state index contributed by atoms with van der Waals surface area (Å²) in [6.45, 7) is 3.08. The fraction of sp³-hybridized carbons (Fsp3) is 0.600. The Hall–Kier alpha value is -0.880. The molecule has 0 aliphatic carbocycles. The number of aromatic nitrogens is 2. The van der Waals surface area contributed by atoms with Gasteiger partial charge in [0.25, 0.3) is 0 Å². The molecule has 3 N–H and O–H groups in total. The number of rotatable bonds is 6. The van der Waals surface area contributed by atoms with E-state index in [9.17, 15) is 0 Å². The van der Waals surface area contributed by atoms with Gasteiger partial charge in [0.1, 0.15) is 22.4 Å². The Morgan fingerprint density at radius 3 is 2.75 bits per heavy atom. The minimum atomic E-state index is 0.218. The lowest BCUT2D eigenvalue weighted by Crippen LogP contribution is -2.14. The highest BCUT2D eigenvalue weighted by atomic mass is 79.9. The number of halogens is 1. The van der Waals surface area contributed by atoms with Gasteiger partial charge in [0, 0.05) is 20.2 Å². The summed E-state index contributed by atoms with van der Waals surface area (Å²) in [4.78, 5) is 8.22. The van der Waals surface area contributed by atoms with Gasteiger partial charge in [-0.3, -0.25) is 0 Å². The molecule has 1 rings (SSSR count). The third-order valence-corrected chi connectivity index (χ3v) is 3.02. The molecule has 0 spiro atoms. The molecule has 0 saturated carbocycles. The molecule has 1 heterocycles. The molecule has 1 aromatic rings. The normalized spacial score (nSPS) is 12.2. The van der Waals surface area contributed by atoms with E-state index in [4.69, 9.17) is 5.11 Å². The van der Waals surface area contributed by atoms with Crippen molar-refractivity contribution in [1.82, 2.24) is 9.97 Å². The molecule has 0 saturated heterocycles. The fourth-order valence-electron chi connectivity index (χ4n) is 1.26. The van der Waals surface area contributed by atoms with Crippen LogP contribution in [-0.4, -0.2) is 35.3 Å². The lowest BCUT2D eigenvalue weighted by Gasteiger charge is -2.13. The van der Waals surface area contributed by atoms with Crippen molar-refractivity contribution in [3.05, 3.63) is 10.8 Å². The summed E-state index contributed by atoms with van der Waals surface area (Å²) >= 11 is 3.43. The third-order valence-electron chi connectivity index (χ3n) is 2.27. The van der Waals surface area contributed by atoms with Crippen molar-refractivity contribution in [2.75, 3.05) is 30.8 Å². The Labute approximate surface area is 104 Å². The van der Waals surface area contributed by atoms with Gasteiger partial charge in [-0.25, -0.2) is 9.97 Å². The topological polar surface area (TPSA) is 70.1 Å². The Bertz CT molecular complexity index is 335. The van der Waals surface area contributed by atoms with E-state index in [-0.39, 0.29) is 6.61 Å². The zero-order chi connectivity index (χ0) is 12.0. The molecule has 0 aliphatic rings. The van der Waals surface area contributed by atoms with E-state index in [1.165, 1.54) is 6.33 Å². The largest absolute Gasteiger partial charge is 0.396 e. The van der Waals surface area contributed by atoms with Crippen LogP contribution in [-0.2, 0) is 0 Å². The molecule has 16 heavy (non-hydrogen) atoms. The number of hydrogen-bond acceptors (Lipinski definition) is 5. The average Bonchev–Trinajstić information content (AvgIpc) is 2.28. The van der Waals surface area contributed by atoms with Crippen LogP contribution in [0.1, 0.15) is 13.3 Å². The van der Waals surface area contributed by atoms with Crippen molar-refractivity contribution in [3.63, 3.8) is 0 Å². The molecule has 0 fully saturated rings. The number of anilines is 2. The maximum Gasteiger partial charge on any atom is 0.145 e. The SMILES string of the molecule is CNc1ncnc(NCC(C)CCO)c1Br. The van der Waals surface area contributed by atoms with Gasteiger partial charge in [-0.2, -0.15) is 0 Å². The quantitative estimate of drug-likeness (QED) is 0.744. The second-order valence-electron chi connectivity index (χ2n) is 3.63. The summed E-state index contributed by atoms with van der Waals surface area (Å²) in [6, 6.07) is 0. The van der Waals surface area contributed by atoms with E-state index in [0.29, 0.717) is 5.92 Å². The zero-order valence-corrected chi connectivity index (χ0v) is 11.1. The molecule has 1 atom stereocenters. The summed E-state index contributed by atoms with van der Waals surface area (Å²) in [5.41, 5.74) is 0. The van der Waals surface area contributed by atoms with Gasteiger partial charge in [0.05, 0.1) is 0 Å². The van der Waals surface area contributed by atoms with Crippen LogP contribution in [0, 0.1) is 5.92 Å². The van der Waals surface area contributed by atoms with Crippen molar-refractivity contribution in [2.24, 2.45) is 5.92 Å². The first-order valence-electron chi connectivity index (χ1n) is 5.22. The van der Waals surface area contributed by atoms with Crippen LogP contribution in [0.2, 0.25) is 0 Å². The number of aliphatic hydroxyl groups excluding tert-OH is 1. The van der Waals surface area contributed by atoms with Gasteiger partial charge in [-0.1, -0.05) is 6.92 Å². The summed E-state index contributed by atoms with van der Waals surface area (Å²) in [6.07, 6.45) is 2.30. The second-order valence-corrected chi connectivity index (χ2v) is 4.43. The van der Waals surface area contributed by atoms with Gasteiger partial charge < -0.3 is 15.7 Å². The number of aliphatic hydroxyl groups is 1. The maximum absolute atomic E-state index is 8.80. The first-order chi connectivity index (χ1) is 7.69. The van der Waals surface area contributed by atoms with Crippen molar-refractivity contribution in [1.29, 1.82) is 0 Å². The fourth-order valence-corrected chi connectivity index (χ4v) is 1.80. The number of nitrogens with one attached hydrogen (secondary N) is 2. The van der Waals surface area contributed by atoms with Crippen LogP contribution in [0.25, 0.3) is 0 Å². The number of nitrogens with zero attached hydrogens (tertiary/aromatic N) is 2. The Balaban J connectivity index is 2.60. The van der Waals surface area contributed by atoms with Crippen molar-refractivity contribution >= 4 is 27.6 Å². The summed E-state index contributed by atoms with van der Waals surface area (Å²) < 4.78 is 0.827. The molecule has 5 nitrogen and oxygen atoms in total. The first-order valence-corrected chi connectivity index (χ1v) is 6.01. The molecule has 90 valence electrons. The number of hydrogen-bond donors (Lipinski definition) is 3. The van der Waals surface area contributed by atoms with Crippen LogP contribution >= 0.6 is 15.9 Å². The Morgan fingerprint density at radius 1 is 1.44 bits per heavy atom. The molecule has 0 radical (unpaired) electrons. The van der Waals surface area contributed by atoms with Gasteiger partial charge in [-0.05, 0) is 28.3 Å².